The molecule has 1 amide bonds. The van der Waals surface area contributed by atoms with Gasteiger partial charge in [0.2, 0.25) is 5.91 Å². The van der Waals surface area contributed by atoms with Gasteiger partial charge in [-0.05, 0) is 31.2 Å². The molecule has 0 radical (unpaired) electrons. The third-order valence-corrected chi connectivity index (χ3v) is 2.87. The molecule has 0 aliphatic heterocycles. The van der Waals surface area contributed by atoms with E-state index in [1.165, 1.54) is 6.92 Å². The Balaban J connectivity index is 2.37. The highest BCUT2D eigenvalue weighted by Gasteiger charge is 2.16. The summed E-state index contributed by atoms with van der Waals surface area (Å²) in [6.45, 7) is 3.51. The van der Waals surface area contributed by atoms with Crippen LogP contribution in [-0.2, 0) is 4.79 Å². The van der Waals surface area contributed by atoms with Crippen molar-refractivity contribution in [1.29, 1.82) is 0 Å². The second kappa shape index (κ2) is 6.05. The van der Waals surface area contributed by atoms with Crippen LogP contribution < -0.4 is 10.2 Å². The normalized spacial score (nSPS) is 11.7. The lowest BCUT2D eigenvalue weighted by atomic mass is 10.2. The summed E-state index contributed by atoms with van der Waals surface area (Å²) in [4.78, 5) is 13.4. The fourth-order valence-electron chi connectivity index (χ4n) is 2.13. The molecule has 0 fully saturated rings. The zero-order valence-corrected chi connectivity index (χ0v) is 11.2. The topological polar surface area (TPSA) is 32.3 Å². The second-order valence-corrected chi connectivity index (χ2v) is 4.42. The number of nitrogens with one attached hydrogen (secondary N) is 1. The highest BCUT2D eigenvalue weighted by atomic mass is 16.1. The summed E-state index contributed by atoms with van der Waals surface area (Å²) in [5, 5.41) is 2.93. The Morgan fingerprint density at radius 1 is 0.947 bits per heavy atom. The van der Waals surface area contributed by atoms with Crippen LogP contribution >= 0.6 is 0 Å². The molecule has 0 aliphatic carbocycles. The lowest BCUT2D eigenvalue weighted by Gasteiger charge is -2.31. The van der Waals surface area contributed by atoms with Crippen molar-refractivity contribution in [3.63, 3.8) is 0 Å². The highest BCUT2D eigenvalue weighted by Crippen LogP contribution is 2.26. The number of nitrogens with zero attached hydrogens (tertiary/aromatic N) is 1. The molecule has 1 atom stereocenters. The van der Waals surface area contributed by atoms with Gasteiger partial charge in [0.15, 0.2) is 0 Å². The van der Waals surface area contributed by atoms with Crippen molar-refractivity contribution in [2.24, 2.45) is 0 Å². The summed E-state index contributed by atoms with van der Waals surface area (Å²) in [6, 6.07) is 20.1. The van der Waals surface area contributed by atoms with Crippen LogP contribution in [0.3, 0.4) is 0 Å². The lowest BCUT2D eigenvalue weighted by molar-refractivity contribution is -0.119. The summed E-state index contributed by atoms with van der Waals surface area (Å²) in [5.74, 6) is -0.0376. The molecular formula is C16H18N2O. The Morgan fingerprint density at radius 3 is 1.74 bits per heavy atom. The molecule has 0 spiro atoms. The summed E-state index contributed by atoms with van der Waals surface area (Å²) in [5.41, 5.74) is 2.10. The lowest BCUT2D eigenvalue weighted by Crippen LogP contribution is -2.43. The van der Waals surface area contributed by atoms with Gasteiger partial charge in [-0.1, -0.05) is 36.4 Å². The molecule has 98 valence electrons. The fourth-order valence-corrected chi connectivity index (χ4v) is 2.13. The quantitative estimate of drug-likeness (QED) is 0.849. The van der Waals surface area contributed by atoms with Crippen molar-refractivity contribution >= 4 is 17.3 Å². The van der Waals surface area contributed by atoms with E-state index < -0.39 is 0 Å². The highest BCUT2D eigenvalue weighted by molar-refractivity contribution is 5.75. The van der Waals surface area contributed by atoms with E-state index in [4.69, 9.17) is 0 Å². The van der Waals surface area contributed by atoms with Gasteiger partial charge in [-0.2, -0.15) is 0 Å². The van der Waals surface area contributed by atoms with Crippen molar-refractivity contribution in [1.82, 2.24) is 5.32 Å². The molecule has 0 heterocycles. The second-order valence-electron chi connectivity index (χ2n) is 4.42. The van der Waals surface area contributed by atoms with E-state index in [1.807, 2.05) is 67.6 Å². The van der Waals surface area contributed by atoms with Gasteiger partial charge in [0, 0.05) is 18.3 Å². The smallest absolute Gasteiger partial charge is 0.218 e. The van der Waals surface area contributed by atoms with E-state index in [0.29, 0.717) is 0 Å². The number of carbonyl (C=O) groups is 1. The molecule has 19 heavy (non-hydrogen) atoms. The minimum absolute atomic E-state index is 0.0376. The maximum atomic E-state index is 11.3. The first kappa shape index (κ1) is 13.1. The Morgan fingerprint density at radius 2 is 1.37 bits per heavy atom. The number of para-hydroxylation sites is 2. The van der Waals surface area contributed by atoms with Crippen molar-refractivity contribution in [2.45, 2.75) is 20.0 Å². The molecular weight excluding hydrogens is 236 g/mol. The van der Waals surface area contributed by atoms with Gasteiger partial charge in [0.25, 0.3) is 0 Å². The monoisotopic (exact) mass is 254 g/mol. The van der Waals surface area contributed by atoms with Crippen molar-refractivity contribution in [2.75, 3.05) is 4.90 Å². The molecule has 0 saturated heterocycles. The third-order valence-electron chi connectivity index (χ3n) is 2.87. The van der Waals surface area contributed by atoms with Crippen LogP contribution in [0, 0.1) is 0 Å². The summed E-state index contributed by atoms with van der Waals surface area (Å²) >= 11 is 0. The standard InChI is InChI=1S/C16H18N2O/c1-13(17-14(2)19)18(15-9-5-3-6-10-15)16-11-7-4-8-12-16/h3-13H,1-2H3,(H,17,19). The molecule has 1 unspecified atom stereocenters. The molecule has 2 aromatic carbocycles. The maximum absolute atomic E-state index is 11.3. The number of benzene rings is 2. The van der Waals surface area contributed by atoms with Gasteiger partial charge in [-0.25, -0.2) is 0 Å². The van der Waals surface area contributed by atoms with Crippen LogP contribution in [0.4, 0.5) is 11.4 Å². The largest absolute Gasteiger partial charge is 0.336 e. The molecule has 0 aromatic heterocycles. The van der Waals surface area contributed by atoms with Gasteiger partial charge in [-0.15, -0.1) is 0 Å². The average Bonchev–Trinajstić information content (AvgIpc) is 2.40. The Labute approximate surface area is 113 Å². The Hall–Kier alpha value is -2.29. The van der Waals surface area contributed by atoms with Crippen LogP contribution in [-0.4, -0.2) is 12.1 Å². The number of rotatable bonds is 4. The molecule has 0 bridgehead atoms. The number of amides is 1. The molecule has 0 saturated carbocycles. The van der Waals surface area contributed by atoms with Crippen molar-refractivity contribution in [3.05, 3.63) is 60.7 Å². The van der Waals surface area contributed by atoms with Crippen LogP contribution in [0.1, 0.15) is 13.8 Å². The number of carbonyl (C=O) groups excluding carboxylic acids is 1. The van der Waals surface area contributed by atoms with E-state index >= 15 is 0 Å². The molecule has 2 aromatic rings. The van der Waals surface area contributed by atoms with Crippen molar-refractivity contribution in [3.8, 4) is 0 Å². The Kier molecular flexibility index (Phi) is 4.18. The van der Waals surface area contributed by atoms with E-state index in [-0.39, 0.29) is 12.1 Å². The SMILES string of the molecule is CC(=O)NC(C)N(c1ccccc1)c1ccccc1. The van der Waals surface area contributed by atoms with Gasteiger partial charge in [0.1, 0.15) is 6.17 Å². The van der Waals surface area contributed by atoms with Gasteiger partial charge in [0.05, 0.1) is 0 Å². The van der Waals surface area contributed by atoms with E-state index in [2.05, 4.69) is 10.2 Å². The van der Waals surface area contributed by atoms with Crippen LogP contribution in [0.5, 0.6) is 0 Å². The van der Waals surface area contributed by atoms with Gasteiger partial charge < -0.3 is 10.2 Å². The van der Waals surface area contributed by atoms with Gasteiger partial charge in [-0.3, -0.25) is 4.79 Å². The fraction of sp³-hybridized carbons (Fsp3) is 0.188. The first-order valence-corrected chi connectivity index (χ1v) is 6.35. The minimum atomic E-state index is -0.109. The van der Waals surface area contributed by atoms with Gasteiger partial charge >= 0.3 is 0 Å². The van der Waals surface area contributed by atoms with Crippen LogP contribution in [0.2, 0.25) is 0 Å². The van der Waals surface area contributed by atoms with E-state index in [0.717, 1.165) is 11.4 Å². The first-order valence-electron chi connectivity index (χ1n) is 6.35. The van der Waals surface area contributed by atoms with Crippen LogP contribution in [0.25, 0.3) is 0 Å². The van der Waals surface area contributed by atoms with E-state index in [1.54, 1.807) is 0 Å². The minimum Gasteiger partial charge on any atom is -0.336 e. The summed E-state index contributed by atoms with van der Waals surface area (Å²) in [6.07, 6.45) is -0.109. The van der Waals surface area contributed by atoms with Crippen LogP contribution in [0.15, 0.2) is 60.7 Å². The summed E-state index contributed by atoms with van der Waals surface area (Å²) < 4.78 is 0. The predicted molar refractivity (Wildman–Crippen MR) is 78.3 cm³/mol. The maximum Gasteiger partial charge on any atom is 0.218 e. The predicted octanol–water partition coefficient (Wildman–Crippen LogP) is 3.31. The number of hydrogen-bond donors (Lipinski definition) is 1. The molecule has 3 nitrogen and oxygen atoms in total. The zero-order chi connectivity index (χ0) is 13.7. The number of hydrogen-bond acceptors (Lipinski definition) is 2. The zero-order valence-electron chi connectivity index (χ0n) is 11.2. The molecule has 2 rings (SSSR count). The molecule has 1 N–H and O–H groups in total. The molecule has 3 heteroatoms. The first-order chi connectivity index (χ1) is 9.18. The van der Waals surface area contributed by atoms with Crippen molar-refractivity contribution < 1.29 is 4.79 Å². The third kappa shape index (κ3) is 3.35. The summed E-state index contributed by atoms with van der Waals surface area (Å²) in [7, 11) is 0. The average molecular weight is 254 g/mol. The molecule has 0 aliphatic rings. The van der Waals surface area contributed by atoms with E-state index in [9.17, 15) is 4.79 Å². The Bertz CT molecular complexity index is 485. The number of anilines is 2.